The lowest BCUT2D eigenvalue weighted by Crippen LogP contribution is -2.32. The van der Waals surface area contributed by atoms with Gasteiger partial charge in [-0.2, -0.15) is 13.2 Å². The fourth-order valence-electron chi connectivity index (χ4n) is 3.53. The summed E-state index contributed by atoms with van der Waals surface area (Å²) in [6.07, 6.45) is 1.21. The summed E-state index contributed by atoms with van der Waals surface area (Å²) < 4.78 is 40.8. The van der Waals surface area contributed by atoms with Gasteiger partial charge in [0.1, 0.15) is 11.0 Å². The lowest BCUT2D eigenvalue weighted by atomic mass is 9.92. The number of rotatable bonds is 6. The average molecular weight is 432 g/mol. The summed E-state index contributed by atoms with van der Waals surface area (Å²) in [4.78, 5) is 4.14. The van der Waals surface area contributed by atoms with E-state index in [0.717, 1.165) is 49.7 Å². The van der Waals surface area contributed by atoms with Crippen molar-refractivity contribution in [3.8, 4) is 0 Å². The molecule has 0 amide bonds. The van der Waals surface area contributed by atoms with Gasteiger partial charge in [0.05, 0.1) is 5.56 Å². The normalized spacial score (nSPS) is 17.6. The van der Waals surface area contributed by atoms with Gasteiger partial charge in [-0.1, -0.05) is 47.8 Å². The molecule has 3 rings (SSSR count). The molecule has 1 aromatic carbocycles. The van der Waals surface area contributed by atoms with E-state index in [9.17, 15) is 13.2 Å². The van der Waals surface area contributed by atoms with Crippen molar-refractivity contribution in [2.45, 2.75) is 51.4 Å². The van der Waals surface area contributed by atoms with Gasteiger partial charge in [-0.15, -0.1) is 0 Å². The highest BCUT2D eigenvalue weighted by Crippen LogP contribution is 2.32. The quantitative estimate of drug-likeness (QED) is 0.557. The van der Waals surface area contributed by atoms with Crippen LogP contribution in [-0.2, 0) is 12.7 Å². The van der Waals surface area contributed by atoms with Crippen LogP contribution in [0.1, 0.15) is 42.6 Å². The van der Waals surface area contributed by atoms with Crippen LogP contribution in [-0.4, -0.2) is 22.1 Å². The van der Waals surface area contributed by atoms with Gasteiger partial charge < -0.3 is 9.88 Å². The Morgan fingerprint density at radius 3 is 2.71 bits per heavy atom. The summed E-state index contributed by atoms with van der Waals surface area (Å²) in [5, 5.41) is 4.21. The maximum Gasteiger partial charge on any atom is 0.416 e. The maximum atomic E-state index is 13.0. The summed E-state index contributed by atoms with van der Waals surface area (Å²) in [6.45, 7) is 3.28. The number of aryl methyl sites for hydroxylation is 1. The lowest BCUT2D eigenvalue weighted by molar-refractivity contribution is -0.137. The molecule has 1 atom stereocenters. The molecule has 152 valence electrons. The van der Waals surface area contributed by atoms with Crippen LogP contribution in [0, 0.1) is 6.92 Å². The number of alkyl halides is 3. The number of nitrogens with zero attached hydrogens (tertiary/aromatic N) is 2. The molecule has 1 unspecified atom stereocenters. The van der Waals surface area contributed by atoms with E-state index < -0.39 is 11.7 Å². The molecule has 0 fully saturated rings. The summed E-state index contributed by atoms with van der Waals surface area (Å²) in [7, 11) is 0. The zero-order chi connectivity index (χ0) is 20.3. The highest BCUT2D eigenvalue weighted by molar-refractivity contribution is 6.40. The van der Waals surface area contributed by atoms with Crippen molar-refractivity contribution in [3.05, 3.63) is 57.6 Å². The number of hydrogen-bond donors (Lipinski definition) is 1. The minimum Gasteiger partial charge on any atom is -0.318 e. The zero-order valence-electron chi connectivity index (χ0n) is 15.5. The Labute approximate surface area is 172 Å². The SMILES string of the molecule is Cc1nc(Cl)c(Cl)n1CCCCC1CC(c2cccc(C(F)(F)F)c2)=CCN1. The highest BCUT2D eigenvalue weighted by atomic mass is 35.5. The van der Waals surface area contributed by atoms with Crippen LogP contribution in [0.5, 0.6) is 0 Å². The molecule has 1 aliphatic heterocycles. The number of aromatic nitrogens is 2. The fraction of sp³-hybridized carbons (Fsp3) is 0.450. The Hall–Kier alpha value is -1.50. The Kier molecular flexibility index (Phi) is 6.73. The first-order valence-electron chi connectivity index (χ1n) is 9.24. The van der Waals surface area contributed by atoms with Crippen LogP contribution in [0.25, 0.3) is 5.57 Å². The molecule has 28 heavy (non-hydrogen) atoms. The number of nitrogens with one attached hydrogen (secondary N) is 1. The van der Waals surface area contributed by atoms with Crippen LogP contribution in [0.2, 0.25) is 10.3 Å². The van der Waals surface area contributed by atoms with Crippen LogP contribution in [0.3, 0.4) is 0 Å². The first-order chi connectivity index (χ1) is 13.3. The van der Waals surface area contributed by atoms with Gasteiger partial charge in [0.2, 0.25) is 0 Å². The highest BCUT2D eigenvalue weighted by Gasteiger charge is 2.30. The van der Waals surface area contributed by atoms with Crippen molar-refractivity contribution in [1.29, 1.82) is 0 Å². The zero-order valence-corrected chi connectivity index (χ0v) is 17.0. The van der Waals surface area contributed by atoms with E-state index >= 15 is 0 Å². The van der Waals surface area contributed by atoms with E-state index in [1.165, 1.54) is 12.1 Å². The van der Waals surface area contributed by atoms with Crippen molar-refractivity contribution >= 4 is 28.8 Å². The van der Waals surface area contributed by atoms with Gasteiger partial charge in [-0.05, 0) is 49.5 Å². The number of unbranched alkanes of at least 4 members (excludes halogenated alkanes) is 1. The predicted molar refractivity (Wildman–Crippen MR) is 107 cm³/mol. The molecule has 1 N–H and O–H groups in total. The predicted octanol–water partition coefficient (Wildman–Crippen LogP) is 6.13. The van der Waals surface area contributed by atoms with Gasteiger partial charge >= 0.3 is 6.18 Å². The number of halogens is 5. The first-order valence-corrected chi connectivity index (χ1v) is 9.99. The van der Waals surface area contributed by atoms with E-state index in [2.05, 4.69) is 10.3 Å². The third-order valence-electron chi connectivity index (χ3n) is 5.02. The molecule has 2 heterocycles. The summed E-state index contributed by atoms with van der Waals surface area (Å²) in [5.74, 6) is 0.792. The van der Waals surface area contributed by atoms with E-state index in [1.807, 2.05) is 17.6 Å². The third kappa shape index (κ3) is 5.10. The van der Waals surface area contributed by atoms with Crippen LogP contribution >= 0.6 is 23.2 Å². The molecule has 1 aromatic heterocycles. The first kappa shape index (κ1) is 21.2. The minimum absolute atomic E-state index is 0.248. The van der Waals surface area contributed by atoms with Crippen molar-refractivity contribution < 1.29 is 13.2 Å². The van der Waals surface area contributed by atoms with Gasteiger partial charge in [0.25, 0.3) is 0 Å². The van der Waals surface area contributed by atoms with Crippen molar-refractivity contribution in [1.82, 2.24) is 14.9 Å². The van der Waals surface area contributed by atoms with Crippen molar-refractivity contribution in [3.63, 3.8) is 0 Å². The fourth-order valence-corrected chi connectivity index (χ4v) is 4.00. The topological polar surface area (TPSA) is 29.9 Å². The molecule has 0 radical (unpaired) electrons. The molecular formula is C20H22Cl2F3N3. The molecule has 0 saturated heterocycles. The molecule has 0 bridgehead atoms. The van der Waals surface area contributed by atoms with Crippen LogP contribution in [0.15, 0.2) is 30.3 Å². The Bertz CT molecular complexity index is 859. The van der Waals surface area contributed by atoms with E-state index in [0.29, 0.717) is 22.4 Å². The Balaban J connectivity index is 1.53. The van der Waals surface area contributed by atoms with Crippen LogP contribution in [0.4, 0.5) is 13.2 Å². The second-order valence-corrected chi connectivity index (χ2v) is 7.72. The molecule has 8 heteroatoms. The second-order valence-electron chi connectivity index (χ2n) is 7.01. The smallest absolute Gasteiger partial charge is 0.318 e. The minimum atomic E-state index is -4.32. The summed E-state index contributed by atoms with van der Waals surface area (Å²) in [6, 6.07) is 5.81. The van der Waals surface area contributed by atoms with E-state index in [4.69, 9.17) is 23.2 Å². The van der Waals surface area contributed by atoms with Gasteiger partial charge in [0, 0.05) is 19.1 Å². The Morgan fingerprint density at radius 2 is 2.04 bits per heavy atom. The summed E-state index contributed by atoms with van der Waals surface area (Å²) >= 11 is 12.1. The van der Waals surface area contributed by atoms with E-state index in [1.54, 1.807) is 6.07 Å². The van der Waals surface area contributed by atoms with Crippen LogP contribution < -0.4 is 5.32 Å². The standard InChI is InChI=1S/C20H22Cl2F3N3/c1-13-27-18(21)19(22)28(13)10-3-2-7-17-12-15(8-9-26-17)14-5-4-6-16(11-14)20(23,24)25/h4-6,8,11,17,26H,2-3,7,9-10,12H2,1H3. The molecule has 0 aliphatic carbocycles. The van der Waals surface area contributed by atoms with Crippen molar-refractivity contribution in [2.75, 3.05) is 6.54 Å². The van der Waals surface area contributed by atoms with Gasteiger partial charge in [0.15, 0.2) is 5.15 Å². The Morgan fingerprint density at radius 1 is 1.25 bits per heavy atom. The van der Waals surface area contributed by atoms with E-state index in [-0.39, 0.29) is 6.04 Å². The second kappa shape index (κ2) is 8.89. The molecule has 2 aromatic rings. The number of benzene rings is 1. The molecular weight excluding hydrogens is 410 g/mol. The number of hydrogen-bond acceptors (Lipinski definition) is 2. The van der Waals surface area contributed by atoms with Crippen molar-refractivity contribution in [2.24, 2.45) is 0 Å². The lowest BCUT2D eigenvalue weighted by Gasteiger charge is -2.25. The largest absolute Gasteiger partial charge is 0.416 e. The summed E-state index contributed by atoms with van der Waals surface area (Å²) in [5.41, 5.74) is 1.01. The molecule has 1 aliphatic rings. The molecule has 0 spiro atoms. The van der Waals surface area contributed by atoms with Gasteiger partial charge in [-0.25, -0.2) is 4.98 Å². The number of imidazole rings is 1. The van der Waals surface area contributed by atoms with Gasteiger partial charge in [-0.3, -0.25) is 0 Å². The third-order valence-corrected chi connectivity index (χ3v) is 5.77. The average Bonchev–Trinajstić information content (AvgIpc) is 2.90. The molecule has 3 nitrogen and oxygen atoms in total. The monoisotopic (exact) mass is 431 g/mol. The maximum absolute atomic E-state index is 13.0. The molecule has 0 saturated carbocycles.